The second-order valence-corrected chi connectivity index (χ2v) is 5.53. The summed E-state index contributed by atoms with van der Waals surface area (Å²) in [5.41, 5.74) is 1.24. The summed E-state index contributed by atoms with van der Waals surface area (Å²) < 4.78 is 0. The SMILES string of the molecule is CNC1CCC(N(CCC#N)Cc2cccnc2)CC1. The van der Waals surface area contributed by atoms with E-state index in [0.717, 1.165) is 13.1 Å². The van der Waals surface area contributed by atoms with Crippen LogP contribution in [0, 0.1) is 11.3 Å². The molecule has 0 atom stereocenters. The molecule has 20 heavy (non-hydrogen) atoms. The van der Waals surface area contributed by atoms with Gasteiger partial charge >= 0.3 is 0 Å². The molecule has 0 unspecified atom stereocenters. The molecule has 4 nitrogen and oxygen atoms in total. The van der Waals surface area contributed by atoms with E-state index >= 15 is 0 Å². The largest absolute Gasteiger partial charge is 0.317 e. The van der Waals surface area contributed by atoms with E-state index in [9.17, 15) is 0 Å². The maximum atomic E-state index is 8.86. The van der Waals surface area contributed by atoms with Crippen LogP contribution in [0.25, 0.3) is 0 Å². The Morgan fingerprint density at radius 1 is 1.40 bits per heavy atom. The maximum Gasteiger partial charge on any atom is 0.0635 e. The minimum atomic E-state index is 0.603. The third-order valence-corrected chi connectivity index (χ3v) is 4.24. The monoisotopic (exact) mass is 272 g/mol. The fourth-order valence-corrected chi connectivity index (χ4v) is 3.04. The lowest BCUT2D eigenvalue weighted by Crippen LogP contribution is -2.41. The molecule has 1 aromatic heterocycles. The van der Waals surface area contributed by atoms with Gasteiger partial charge in [-0.2, -0.15) is 5.26 Å². The average Bonchev–Trinajstić information content (AvgIpc) is 2.52. The molecule has 1 aromatic rings. The molecule has 0 aromatic carbocycles. The van der Waals surface area contributed by atoms with Crippen molar-refractivity contribution >= 4 is 0 Å². The molecule has 0 bridgehead atoms. The molecule has 2 rings (SSSR count). The third-order valence-electron chi connectivity index (χ3n) is 4.24. The van der Waals surface area contributed by atoms with Crippen molar-refractivity contribution in [1.82, 2.24) is 15.2 Å². The van der Waals surface area contributed by atoms with Crippen LogP contribution in [0.5, 0.6) is 0 Å². The van der Waals surface area contributed by atoms with Crippen LogP contribution >= 0.6 is 0 Å². The summed E-state index contributed by atoms with van der Waals surface area (Å²) in [7, 11) is 2.05. The van der Waals surface area contributed by atoms with Crippen molar-refractivity contribution in [3.05, 3.63) is 30.1 Å². The Morgan fingerprint density at radius 2 is 2.20 bits per heavy atom. The van der Waals surface area contributed by atoms with E-state index in [1.54, 1.807) is 6.20 Å². The molecule has 1 aliphatic rings. The van der Waals surface area contributed by atoms with Gasteiger partial charge in [-0.25, -0.2) is 0 Å². The lowest BCUT2D eigenvalue weighted by molar-refractivity contribution is 0.140. The van der Waals surface area contributed by atoms with Gasteiger partial charge in [0, 0.05) is 44.0 Å². The van der Waals surface area contributed by atoms with Crippen LogP contribution < -0.4 is 5.32 Å². The number of nitrogens with one attached hydrogen (secondary N) is 1. The van der Waals surface area contributed by atoms with Crippen molar-refractivity contribution in [2.24, 2.45) is 0 Å². The van der Waals surface area contributed by atoms with Crippen LogP contribution in [0.15, 0.2) is 24.5 Å². The van der Waals surface area contributed by atoms with E-state index in [1.165, 1.54) is 31.2 Å². The van der Waals surface area contributed by atoms with E-state index in [0.29, 0.717) is 18.5 Å². The molecule has 1 fully saturated rings. The maximum absolute atomic E-state index is 8.86. The van der Waals surface area contributed by atoms with Crippen LogP contribution in [0.1, 0.15) is 37.7 Å². The van der Waals surface area contributed by atoms with Crippen LogP contribution in [0.3, 0.4) is 0 Å². The number of rotatable bonds is 6. The second-order valence-electron chi connectivity index (χ2n) is 5.53. The summed E-state index contributed by atoms with van der Waals surface area (Å²) in [6.45, 7) is 1.77. The molecule has 0 saturated heterocycles. The van der Waals surface area contributed by atoms with E-state index in [1.807, 2.05) is 19.3 Å². The van der Waals surface area contributed by atoms with Gasteiger partial charge in [-0.3, -0.25) is 9.88 Å². The van der Waals surface area contributed by atoms with Gasteiger partial charge in [-0.1, -0.05) is 6.07 Å². The molecule has 1 saturated carbocycles. The highest BCUT2D eigenvalue weighted by atomic mass is 15.2. The number of nitrogens with zero attached hydrogens (tertiary/aromatic N) is 3. The number of hydrogen-bond donors (Lipinski definition) is 1. The Labute approximate surface area is 121 Å². The first-order valence-corrected chi connectivity index (χ1v) is 7.50. The minimum absolute atomic E-state index is 0.603. The molecule has 0 radical (unpaired) electrons. The van der Waals surface area contributed by atoms with Crippen LogP contribution in [-0.2, 0) is 6.54 Å². The van der Waals surface area contributed by atoms with Gasteiger partial charge in [0.05, 0.1) is 6.07 Å². The molecular formula is C16H24N4. The highest BCUT2D eigenvalue weighted by molar-refractivity contribution is 5.08. The zero-order chi connectivity index (χ0) is 14.2. The van der Waals surface area contributed by atoms with Crippen molar-refractivity contribution in [3.8, 4) is 6.07 Å². The Hall–Kier alpha value is -1.44. The summed E-state index contributed by atoms with van der Waals surface area (Å²) in [4.78, 5) is 6.65. The first kappa shape index (κ1) is 15.0. The smallest absolute Gasteiger partial charge is 0.0635 e. The molecule has 1 heterocycles. The Kier molecular flexibility index (Phi) is 5.97. The number of aromatic nitrogens is 1. The predicted octanol–water partition coefficient (Wildman–Crippen LogP) is 2.33. The Bertz CT molecular complexity index is 418. The van der Waals surface area contributed by atoms with Crippen LogP contribution in [0.4, 0.5) is 0 Å². The van der Waals surface area contributed by atoms with Gasteiger partial charge in [0.15, 0.2) is 0 Å². The molecule has 0 amide bonds. The van der Waals surface area contributed by atoms with Crippen LogP contribution in [0.2, 0.25) is 0 Å². The van der Waals surface area contributed by atoms with E-state index in [2.05, 4.69) is 27.3 Å². The molecule has 4 heteroatoms. The standard InChI is InChI=1S/C16H24N4/c1-18-15-5-7-16(8-6-15)20(11-3-9-17)13-14-4-2-10-19-12-14/h2,4,10,12,15-16,18H,3,5-8,11,13H2,1H3. The predicted molar refractivity (Wildman–Crippen MR) is 80.0 cm³/mol. The summed E-state index contributed by atoms with van der Waals surface area (Å²) in [5.74, 6) is 0. The highest BCUT2D eigenvalue weighted by Gasteiger charge is 2.24. The van der Waals surface area contributed by atoms with Crippen molar-refractivity contribution in [2.75, 3.05) is 13.6 Å². The molecule has 0 spiro atoms. The van der Waals surface area contributed by atoms with Gasteiger partial charge < -0.3 is 5.32 Å². The van der Waals surface area contributed by atoms with Gasteiger partial charge in [0.1, 0.15) is 0 Å². The fraction of sp³-hybridized carbons (Fsp3) is 0.625. The zero-order valence-corrected chi connectivity index (χ0v) is 12.3. The van der Waals surface area contributed by atoms with Crippen molar-refractivity contribution < 1.29 is 0 Å². The zero-order valence-electron chi connectivity index (χ0n) is 12.3. The lowest BCUT2D eigenvalue weighted by atomic mass is 9.90. The van der Waals surface area contributed by atoms with Crippen molar-refractivity contribution in [3.63, 3.8) is 0 Å². The van der Waals surface area contributed by atoms with Gasteiger partial charge in [-0.05, 0) is 44.4 Å². The topological polar surface area (TPSA) is 52.0 Å². The first-order valence-electron chi connectivity index (χ1n) is 7.50. The van der Waals surface area contributed by atoms with E-state index in [-0.39, 0.29) is 0 Å². The average molecular weight is 272 g/mol. The number of nitriles is 1. The van der Waals surface area contributed by atoms with Gasteiger partial charge in [-0.15, -0.1) is 0 Å². The Balaban J connectivity index is 1.95. The fourth-order valence-electron chi connectivity index (χ4n) is 3.04. The quantitative estimate of drug-likeness (QED) is 0.863. The molecule has 108 valence electrons. The van der Waals surface area contributed by atoms with Crippen molar-refractivity contribution in [2.45, 2.75) is 50.7 Å². The first-order chi connectivity index (χ1) is 9.83. The second kappa shape index (κ2) is 7.98. The Morgan fingerprint density at radius 3 is 2.80 bits per heavy atom. The normalized spacial score (nSPS) is 22.6. The molecule has 1 N–H and O–H groups in total. The minimum Gasteiger partial charge on any atom is -0.317 e. The number of hydrogen-bond acceptors (Lipinski definition) is 4. The van der Waals surface area contributed by atoms with Crippen LogP contribution in [-0.4, -0.2) is 35.6 Å². The summed E-state index contributed by atoms with van der Waals surface area (Å²) >= 11 is 0. The summed E-state index contributed by atoms with van der Waals surface area (Å²) in [6, 6.07) is 7.65. The highest BCUT2D eigenvalue weighted by Crippen LogP contribution is 2.24. The van der Waals surface area contributed by atoms with Gasteiger partial charge in [0.2, 0.25) is 0 Å². The van der Waals surface area contributed by atoms with Crippen molar-refractivity contribution in [1.29, 1.82) is 5.26 Å². The van der Waals surface area contributed by atoms with Gasteiger partial charge in [0.25, 0.3) is 0 Å². The summed E-state index contributed by atoms with van der Waals surface area (Å²) in [6.07, 6.45) is 9.25. The lowest BCUT2D eigenvalue weighted by Gasteiger charge is -2.36. The number of pyridine rings is 1. The summed E-state index contributed by atoms with van der Waals surface area (Å²) in [5, 5.41) is 12.2. The molecule has 0 aliphatic heterocycles. The molecular weight excluding hydrogens is 248 g/mol. The molecule has 1 aliphatic carbocycles. The third kappa shape index (κ3) is 4.29. The van der Waals surface area contributed by atoms with E-state index < -0.39 is 0 Å². The van der Waals surface area contributed by atoms with E-state index in [4.69, 9.17) is 5.26 Å².